The van der Waals surface area contributed by atoms with Crippen LogP contribution in [0.25, 0.3) is 88.4 Å². The zero-order valence-corrected chi connectivity index (χ0v) is 27.4. The van der Waals surface area contributed by atoms with Gasteiger partial charge in [-0.25, -0.2) is 0 Å². The maximum absolute atomic E-state index is 2.46. The largest absolute Gasteiger partial charge is 0.309 e. The summed E-state index contributed by atoms with van der Waals surface area (Å²) >= 11 is 0. The van der Waals surface area contributed by atoms with Crippen molar-refractivity contribution in [2.45, 2.75) is 0 Å². The van der Waals surface area contributed by atoms with Gasteiger partial charge in [-0.15, -0.1) is 0 Å². The van der Waals surface area contributed by atoms with Gasteiger partial charge < -0.3 is 9.13 Å². The Hall–Kier alpha value is -6.64. The molecule has 0 atom stereocenters. The monoisotopic (exact) mass is 636 g/mol. The van der Waals surface area contributed by atoms with Crippen LogP contribution in [0.4, 0.5) is 0 Å². The molecule has 0 radical (unpaired) electrons. The van der Waals surface area contributed by atoms with E-state index in [0.717, 1.165) is 5.69 Å². The Kier molecular flexibility index (Phi) is 6.53. The normalized spacial score (nSPS) is 11.6. The molecule has 2 heterocycles. The lowest BCUT2D eigenvalue weighted by Gasteiger charge is -2.15. The average molecular weight is 637 g/mol. The molecule has 0 aliphatic rings. The van der Waals surface area contributed by atoms with Gasteiger partial charge in [-0.05, 0) is 70.3 Å². The van der Waals surface area contributed by atoms with E-state index in [9.17, 15) is 0 Å². The fourth-order valence-corrected chi connectivity index (χ4v) is 7.79. The number of rotatable bonds is 5. The molecule has 0 saturated carbocycles. The second-order valence-corrected chi connectivity index (χ2v) is 13.0. The topological polar surface area (TPSA) is 9.86 Å². The van der Waals surface area contributed by atoms with Gasteiger partial charge in [0.2, 0.25) is 0 Å². The molecule has 2 nitrogen and oxygen atoms in total. The summed E-state index contributed by atoms with van der Waals surface area (Å²) < 4.78 is 4.89. The van der Waals surface area contributed by atoms with Crippen LogP contribution in [-0.2, 0) is 0 Å². The van der Waals surface area contributed by atoms with E-state index >= 15 is 0 Å². The molecule has 2 aromatic heterocycles. The lowest BCUT2D eigenvalue weighted by Crippen LogP contribution is -1.97. The molecule has 2 heteroatoms. The molecule has 0 unspecified atom stereocenters. The number of nitrogens with zero attached hydrogens (tertiary/aromatic N) is 2. The van der Waals surface area contributed by atoms with Crippen molar-refractivity contribution in [2.75, 3.05) is 0 Å². The molecule has 10 aromatic rings. The van der Waals surface area contributed by atoms with Crippen LogP contribution < -0.4 is 0 Å². The SMILES string of the molecule is c1ccc(-c2ccc(-c3ccccc3-n3c4ccccc4c4cc5c(cc43)c3ccccc3n5-c3ccc(-c4ccccc4)cc3)cc2)cc1. The molecular weight excluding hydrogens is 605 g/mol. The Morgan fingerprint density at radius 2 is 0.680 bits per heavy atom. The predicted molar refractivity (Wildman–Crippen MR) is 211 cm³/mol. The van der Waals surface area contributed by atoms with Gasteiger partial charge in [-0.3, -0.25) is 0 Å². The van der Waals surface area contributed by atoms with Crippen LogP contribution in [0.15, 0.2) is 194 Å². The highest BCUT2D eigenvalue weighted by Gasteiger charge is 2.20. The summed E-state index contributed by atoms with van der Waals surface area (Å²) in [5.74, 6) is 0. The number of benzene rings is 8. The third-order valence-corrected chi connectivity index (χ3v) is 10.1. The highest BCUT2D eigenvalue weighted by molar-refractivity contribution is 6.19. The number of hydrogen-bond donors (Lipinski definition) is 0. The Bertz CT molecular complexity index is 2820. The van der Waals surface area contributed by atoms with Crippen molar-refractivity contribution >= 4 is 43.6 Å². The first-order chi connectivity index (χ1) is 24.8. The average Bonchev–Trinajstić information content (AvgIpc) is 3.70. The second-order valence-electron chi connectivity index (χ2n) is 13.0. The summed E-state index contributed by atoms with van der Waals surface area (Å²) in [6.45, 7) is 0. The van der Waals surface area contributed by atoms with Gasteiger partial charge in [0, 0.05) is 32.8 Å². The summed E-state index contributed by atoms with van der Waals surface area (Å²) in [7, 11) is 0. The number of para-hydroxylation sites is 3. The molecule has 234 valence electrons. The van der Waals surface area contributed by atoms with E-state index in [4.69, 9.17) is 0 Å². The van der Waals surface area contributed by atoms with Gasteiger partial charge in [0.05, 0.1) is 27.8 Å². The summed E-state index contributed by atoms with van der Waals surface area (Å²) in [6, 6.07) is 70.4. The maximum Gasteiger partial charge on any atom is 0.0549 e. The van der Waals surface area contributed by atoms with Gasteiger partial charge >= 0.3 is 0 Å². The summed E-state index contributed by atoms with van der Waals surface area (Å²) in [6.07, 6.45) is 0. The van der Waals surface area contributed by atoms with E-state index in [2.05, 4.69) is 203 Å². The Labute approximate surface area is 290 Å². The zero-order chi connectivity index (χ0) is 33.0. The first-order valence-electron chi connectivity index (χ1n) is 17.2. The number of aromatic nitrogens is 2. The van der Waals surface area contributed by atoms with Crippen molar-refractivity contribution in [3.63, 3.8) is 0 Å². The first-order valence-corrected chi connectivity index (χ1v) is 17.2. The molecule has 0 aliphatic heterocycles. The van der Waals surface area contributed by atoms with Crippen molar-refractivity contribution < 1.29 is 0 Å². The van der Waals surface area contributed by atoms with Crippen molar-refractivity contribution in [3.8, 4) is 44.8 Å². The molecule has 0 aliphatic carbocycles. The molecular formula is C48H32N2. The zero-order valence-electron chi connectivity index (χ0n) is 27.4. The van der Waals surface area contributed by atoms with Crippen LogP contribution in [-0.4, -0.2) is 9.13 Å². The van der Waals surface area contributed by atoms with E-state index in [0.29, 0.717) is 0 Å². The lowest BCUT2D eigenvalue weighted by molar-refractivity contribution is 1.18. The third kappa shape index (κ3) is 4.50. The second kappa shape index (κ2) is 11.5. The maximum atomic E-state index is 2.46. The fraction of sp³-hybridized carbons (Fsp3) is 0. The molecule has 0 amide bonds. The quantitative estimate of drug-likeness (QED) is 0.178. The van der Waals surface area contributed by atoms with Crippen LogP contribution in [0.2, 0.25) is 0 Å². The standard InChI is InChI=1S/C48H32N2/c1-3-13-33(14-4-1)35-23-25-37(26-24-35)39-17-7-10-20-44(39)50-46-22-12-9-19-41(46)43-31-47-42(32-48(43)50)40-18-8-11-21-45(40)49(47)38-29-27-36(28-30-38)34-15-5-2-6-16-34/h1-32H. The van der Waals surface area contributed by atoms with Crippen LogP contribution in [0, 0.1) is 0 Å². The van der Waals surface area contributed by atoms with E-state index in [1.807, 2.05) is 0 Å². The van der Waals surface area contributed by atoms with Gasteiger partial charge in [0.1, 0.15) is 0 Å². The first kappa shape index (κ1) is 28.4. The molecule has 0 N–H and O–H groups in total. The van der Waals surface area contributed by atoms with Gasteiger partial charge in [-0.2, -0.15) is 0 Å². The van der Waals surface area contributed by atoms with Crippen LogP contribution >= 0.6 is 0 Å². The van der Waals surface area contributed by atoms with Crippen LogP contribution in [0.3, 0.4) is 0 Å². The Morgan fingerprint density at radius 1 is 0.260 bits per heavy atom. The van der Waals surface area contributed by atoms with Gasteiger partial charge in [0.15, 0.2) is 0 Å². The summed E-state index contributed by atoms with van der Waals surface area (Å²) in [5.41, 5.74) is 14.4. The van der Waals surface area contributed by atoms with E-state index in [1.54, 1.807) is 0 Å². The van der Waals surface area contributed by atoms with Crippen molar-refractivity contribution in [3.05, 3.63) is 194 Å². The van der Waals surface area contributed by atoms with Crippen LogP contribution in [0.1, 0.15) is 0 Å². The summed E-state index contributed by atoms with van der Waals surface area (Å²) in [5, 5.41) is 4.98. The fourth-order valence-electron chi connectivity index (χ4n) is 7.79. The molecule has 0 spiro atoms. The molecule has 0 fully saturated rings. The van der Waals surface area contributed by atoms with Crippen molar-refractivity contribution in [2.24, 2.45) is 0 Å². The summed E-state index contributed by atoms with van der Waals surface area (Å²) in [4.78, 5) is 0. The minimum Gasteiger partial charge on any atom is -0.309 e. The van der Waals surface area contributed by atoms with Crippen molar-refractivity contribution in [1.82, 2.24) is 9.13 Å². The minimum atomic E-state index is 1.16. The smallest absolute Gasteiger partial charge is 0.0549 e. The van der Waals surface area contributed by atoms with Crippen LogP contribution in [0.5, 0.6) is 0 Å². The van der Waals surface area contributed by atoms with E-state index < -0.39 is 0 Å². The van der Waals surface area contributed by atoms with Crippen molar-refractivity contribution in [1.29, 1.82) is 0 Å². The molecule has 10 rings (SSSR count). The lowest BCUT2D eigenvalue weighted by atomic mass is 9.99. The highest BCUT2D eigenvalue weighted by Crippen LogP contribution is 2.41. The van der Waals surface area contributed by atoms with E-state index in [-0.39, 0.29) is 0 Å². The number of fused-ring (bicyclic) bond motifs is 6. The predicted octanol–water partition coefficient (Wildman–Crippen LogP) is 12.9. The third-order valence-electron chi connectivity index (χ3n) is 10.1. The molecule has 0 bridgehead atoms. The Balaban J connectivity index is 1.19. The number of hydrogen-bond acceptors (Lipinski definition) is 0. The molecule has 8 aromatic carbocycles. The van der Waals surface area contributed by atoms with E-state index in [1.165, 1.54) is 82.7 Å². The minimum absolute atomic E-state index is 1.16. The van der Waals surface area contributed by atoms with Gasteiger partial charge in [0.25, 0.3) is 0 Å². The highest BCUT2D eigenvalue weighted by atomic mass is 15.0. The molecule has 0 saturated heterocycles. The molecule has 50 heavy (non-hydrogen) atoms. The Morgan fingerprint density at radius 3 is 1.28 bits per heavy atom. The van der Waals surface area contributed by atoms with Gasteiger partial charge in [-0.1, -0.05) is 152 Å².